The predicted octanol–water partition coefficient (Wildman–Crippen LogP) is 8.02. The summed E-state index contributed by atoms with van der Waals surface area (Å²) in [5, 5.41) is 16.3. The number of benzene rings is 2. The Kier molecular flexibility index (Phi) is 13.4. The number of carboxylic acids is 1. The Balaban J connectivity index is 0.000000375. The Bertz CT molecular complexity index is 1120. The van der Waals surface area contributed by atoms with Crippen molar-refractivity contribution in [3.8, 4) is 0 Å². The molecule has 0 bridgehead atoms. The molecule has 6 nitrogen and oxygen atoms in total. The molecule has 2 atom stereocenters. The molecule has 1 heterocycles. The number of rotatable bonds is 12. The van der Waals surface area contributed by atoms with Crippen LogP contribution in [0, 0.1) is 11.6 Å². The van der Waals surface area contributed by atoms with Crippen molar-refractivity contribution in [1.82, 2.24) is 15.2 Å². The average molecular weight is 598 g/mol. The molecule has 2 unspecified atom stereocenters. The molecule has 0 spiro atoms. The summed E-state index contributed by atoms with van der Waals surface area (Å²) < 4.78 is 26.7. The maximum atomic E-state index is 13.5. The third-order valence-corrected chi connectivity index (χ3v) is 6.45. The number of nitrogens with two attached hydrogens (primary N) is 1. The van der Waals surface area contributed by atoms with E-state index in [9.17, 15) is 13.6 Å². The van der Waals surface area contributed by atoms with E-state index in [2.05, 4.69) is 15.2 Å². The van der Waals surface area contributed by atoms with Crippen molar-refractivity contribution in [3.63, 3.8) is 0 Å². The Morgan fingerprint density at radius 2 is 1.46 bits per heavy atom. The van der Waals surface area contributed by atoms with Gasteiger partial charge in [-0.05, 0) is 73.2 Å². The molecule has 12 heteroatoms. The fourth-order valence-corrected chi connectivity index (χ4v) is 4.61. The zero-order chi connectivity index (χ0) is 27.4. The lowest BCUT2D eigenvalue weighted by atomic mass is 9.93. The topological polar surface area (TPSA) is 105 Å². The molecule has 2 aromatic carbocycles. The first kappa shape index (κ1) is 31.1. The van der Waals surface area contributed by atoms with Crippen molar-refractivity contribution in [2.24, 2.45) is 0 Å². The number of hydrogen-bond donors (Lipinski definition) is 3. The number of nitrogens with zero attached hydrogens (tertiary/aromatic N) is 2. The van der Waals surface area contributed by atoms with Gasteiger partial charge in [0.1, 0.15) is 17.5 Å². The first-order valence-corrected chi connectivity index (χ1v) is 13.4. The van der Waals surface area contributed by atoms with Gasteiger partial charge in [0.2, 0.25) is 5.95 Å². The number of unbranched alkanes of at least 4 members (excludes halogenated alkanes) is 2. The maximum absolute atomic E-state index is 13.5. The summed E-state index contributed by atoms with van der Waals surface area (Å²) in [6.45, 7) is 0. The van der Waals surface area contributed by atoms with Gasteiger partial charge < -0.3 is 10.8 Å². The molecule has 4 N–H and O–H groups in total. The highest BCUT2D eigenvalue weighted by atomic mass is 35.5. The van der Waals surface area contributed by atoms with Crippen LogP contribution in [0.2, 0.25) is 10.0 Å². The number of H-pyrrole nitrogens is 1. The van der Waals surface area contributed by atoms with Crippen molar-refractivity contribution in [2.45, 2.75) is 50.4 Å². The van der Waals surface area contributed by atoms with Crippen molar-refractivity contribution in [3.05, 3.63) is 75.0 Å². The molecule has 37 heavy (non-hydrogen) atoms. The second-order valence-electron chi connectivity index (χ2n) is 8.30. The molecule has 0 aliphatic heterocycles. The minimum atomic E-state index is -0.971. The second kappa shape index (κ2) is 16.0. The summed E-state index contributed by atoms with van der Waals surface area (Å²) in [6, 6.07) is 8.32. The number of aliphatic carboxylic acids is 1. The van der Waals surface area contributed by atoms with Crippen LogP contribution in [0.1, 0.15) is 68.7 Å². The van der Waals surface area contributed by atoms with Crippen LogP contribution in [0.4, 0.5) is 14.7 Å². The lowest BCUT2D eigenvalue weighted by Gasteiger charge is -2.15. The third kappa shape index (κ3) is 10.6. The minimum absolute atomic E-state index is 0. The molecule has 0 saturated heterocycles. The van der Waals surface area contributed by atoms with Gasteiger partial charge in [-0.15, -0.1) is 28.3 Å². The van der Waals surface area contributed by atoms with Crippen LogP contribution in [-0.4, -0.2) is 38.0 Å². The highest BCUT2D eigenvalue weighted by Gasteiger charge is 2.21. The van der Waals surface area contributed by atoms with E-state index in [0.29, 0.717) is 41.0 Å². The number of aromatic amines is 1. The van der Waals surface area contributed by atoms with Crippen LogP contribution in [0.3, 0.4) is 0 Å². The quantitative estimate of drug-likeness (QED) is 0.145. The molecular formula is C25H30Cl4F2N4O2. The highest BCUT2D eigenvalue weighted by Crippen LogP contribution is 2.30. The number of hydrogen-bond acceptors (Lipinski definition) is 4. The molecule has 0 radical (unpaired) electrons. The monoisotopic (exact) mass is 596 g/mol. The molecule has 3 aromatic rings. The van der Waals surface area contributed by atoms with Gasteiger partial charge in [0, 0.05) is 29.1 Å². The van der Waals surface area contributed by atoms with Crippen LogP contribution >= 0.6 is 46.4 Å². The van der Waals surface area contributed by atoms with E-state index in [1.807, 2.05) is 0 Å². The van der Waals surface area contributed by atoms with Gasteiger partial charge in [0.05, 0.1) is 5.92 Å². The van der Waals surface area contributed by atoms with Gasteiger partial charge in [-0.2, -0.15) is 4.98 Å². The Labute approximate surface area is 236 Å². The third-order valence-electron chi connectivity index (χ3n) is 5.48. The van der Waals surface area contributed by atoms with Gasteiger partial charge in [0.25, 0.3) is 0 Å². The van der Waals surface area contributed by atoms with Crippen molar-refractivity contribution < 1.29 is 20.1 Å². The molecule has 0 amide bonds. The number of carbonyl (C=O) groups is 1. The van der Waals surface area contributed by atoms with Crippen LogP contribution < -0.4 is 5.73 Å². The van der Waals surface area contributed by atoms with Gasteiger partial charge in [0.15, 0.2) is 0 Å². The number of nitrogens with one attached hydrogen (secondary N) is 1. The van der Waals surface area contributed by atoms with Gasteiger partial charge in [-0.25, -0.2) is 8.78 Å². The first-order valence-electron chi connectivity index (χ1n) is 11.6. The second-order valence-corrected chi connectivity index (χ2v) is 9.93. The van der Waals surface area contributed by atoms with Crippen LogP contribution in [0.25, 0.3) is 0 Å². The largest absolute Gasteiger partial charge is 0.481 e. The number of anilines is 1. The standard InChI is InChI=1S/C13H15Cl2FN4.C12H13Cl2FO2.H2/c14-4-2-1-3-11(12-18-13(17)20-19-12)8-5-9(15)7-10(16)6-8;13-4-2-1-3-11(12(16)17)8-5-9(14)7-10(15)6-8;/h5-7,11H,1-4H2,(H3,17,18,19,20);5-7,11H,1-4H2,(H,16,17);1H. The molecule has 1 aromatic heterocycles. The molecular weight excluding hydrogens is 568 g/mol. The summed E-state index contributed by atoms with van der Waals surface area (Å²) in [6.07, 6.45) is 4.40. The van der Waals surface area contributed by atoms with Gasteiger partial charge in [-0.3, -0.25) is 9.89 Å². The summed E-state index contributed by atoms with van der Waals surface area (Å²) in [4.78, 5) is 15.3. The van der Waals surface area contributed by atoms with Crippen molar-refractivity contribution in [1.29, 1.82) is 0 Å². The van der Waals surface area contributed by atoms with E-state index >= 15 is 0 Å². The van der Waals surface area contributed by atoms with E-state index < -0.39 is 17.7 Å². The lowest BCUT2D eigenvalue weighted by Crippen LogP contribution is -2.12. The number of halogens is 6. The predicted molar refractivity (Wildman–Crippen MR) is 147 cm³/mol. The van der Waals surface area contributed by atoms with Gasteiger partial charge in [-0.1, -0.05) is 36.0 Å². The molecule has 204 valence electrons. The smallest absolute Gasteiger partial charge is 0.310 e. The van der Waals surface area contributed by atoms with Gasteiger partial charge >= 0.3 is 5.97 Å². The zero-order valence-electron chi connectivity index (χ0n) is 19.9. The van der Waals surface area contributed by atoms with Crippen molar-refractivity contribution >= 4 is 58.3 Å². The average Bonchev–Trinajstić information content (AvgIpc) is 3.24. The van der Waals surface area contributed by atoms with E-state index in [0.717, 1.165) is 37.3 Å². The maximum Gasteiger partial charge on any atom is 0.310 e. The Morgan fingerprint density at radius 1 is 0.919 bits per heavy atom. The van der Waals surface area contributed by atoms with Crippen LogP contribution in [-0.2, 0) is 4.79 Å². The van der Waals surface area contributed by atoms with E-state index in [1.54, 1.807) is 6.07 Å². The van der Waals surface area contributed by atoms with Crippen LogP contribution in [0.5, 0.6) is 0 Å². The zero-order valence-corrected chi connectivity index (χ0v) is 22.9. The molecule has 3 rings (SSSR count). The first-order chi connectivity index (χ1) is 17.6. The fourth-order valence-electron chi connectivity index (χ4n) is 3.78. The lowest BCUT2D eigenvalue weighted by molar-refractivity contribution is -0.139. The Hall–Kier alpha value is -2.13. The van der Waals surface area contributed by atoms with E-state index in [1.165, 1.54) is 24.3 Å². The normalized spacial score (nSPS) is 12.5. The summed E-state index contributed by atoms with van der Waals surface area (Å²) >= 11 is 22.8. The molecule has 0 aliphatic rings. The minimum Gasteiger partial charge on any atom is -0.481 e. The summed E-state index contributed by atoms with van der Waals surface area (Å²) in [5.41, 5.74) is 6.69. The highest BCUT2D eigenvalue weighted by molar-refractivity contribution is 6.31. The fraction of sp³-hybridized carbons (Fsp3) is 0.400. The number of carboxylic acid groups (broad SMARTS) is 1. The number of alkyl halides is 2. The van der Waals surface area contributed by atoms with Crippen molar-refractivity contribution in [2.75, 3.05) is 17.5 Å². The molecule has 0 saturated carbocycles. The molecule has 0 aliphatic carbocycles. The van der Waals surface area contributed by atoms with E-state index in [-0.39, 0.29) is 24.1 Å². The SMILES string of the molecule is Nc1n[nH]c(C(CCCCCl)c2cc(F)cc(Cl)c2)n1.O=C(O)C(CCCCCl)c1cc(F)cc(Cl)c1.[HH]. The summed E-state index contributed by atoms with van der Waals surface area (Å²) in [5.74, 6) is -0.850. The Morgan fingerprint density at radius 3 is 1.95 bits per heavy atom. The number of aromatic nitrogens is 3. The van der Waals surface area contributed by atoms with E-state index in [4.69, 9.17) is 57.2 Å². The van der Waals surface area contributed by atoms with Crippen LogP contribution in [0.15, 0.2) is 36.4 Å². The summed E-state index contributed by atoms with van der Waals surface area (Å²) in [7, 11) is 0. The number of nitrogen functional groups attached to an aromatic ring is 1. The molecule has 0 fully saturated rings.